The molecule has 0 saturated heterocycles. The van der Waals surface area contributed by atoms with Gasteiger partial charge in [0.15, 0.2) is 0 Å². The summed E-state index contributed by atoms with van der Waals surface area (Å²) in [5.41, 5.74) is 0.528. The van der Waals surface area contributed by atoms with Crippen molar-refractivity contribution in [2.45, 2.75) is 56.8 Å². The van der Waals surface area contributed by atoms with E-state index >= 15 is 0 Å². The maximum absolute atomic E-state index is 13.0. The standard InChI is InChI=1S/C22H29Cl2NO4S/c1-14-11-17(23)12-20(24)22(14)30(28,29)25-13-19-16-9-7-15(8-10-16)18(19)5-3-2-4-6-21(26)27/h3,5,11-12,15-16,18-19,25H,2,4,6-10,13H2,1H3,(H,26,27)/b5-3-. The summed E-state index contributed by atoms with van der Waals surface area (Å²) in [7, 11) is -3.75. The van der Waals surface area contributed by atoms with Crippen molar-refractivity contribution < 1.29 is 18.3 Å². The molecule has 2 N–H and O–H groups in total. The van der Waals surface area contributed by atoms with Crippen LogP contribution in [0.1, 0.15) is 50.5 Å². The normalized spacial score (nSPS) is 26.4. The number of benzene rings is 1. The molecule has 0 aliphatic heterocycles. The first kappa shape index (κ1) is 23.6. The van der Waals surface area contributed by atoms with Gasteiger partial charge in [-0.05, 0) is 86.8 Å². The van der Waals surface area contributed by atoms with Gasteiger partial charge in [0, 0.05) is 18.0 Å². The van der Waals surface area contributed by atoms with Gasteiger partial charge in [0.2, 0.25) is 10.0 Å². The second kappa shape index (κ2) is 10.0. The van der Waals surface area contributed by atoms with Crippen molar-refractivity contribution in [2.75, 3.05) is 6.54 Å². The Morgan fingerprint density at radius 2 is 1.87 bits per heavy atom. The molecule has 2 bridgehead atoms. The summed E-state index contributed by atoms with van der Waals surface area (Å²) in [6.45, 7) is 2.07. The van der Waals surface area contributed by atoms with E-state index in [1.807, 2.05) is 0 Å². The third-order valence-corrected chi connectivity index (χ3v) is 8.81. The van der Waals surface area contributed by atoms with Crippen LogP contribution in [0, 0.1) is 30.6 Å². The van der Waals surface area contributed by atoms with E-state index in [0.29, 0.717) is 41.3 Å². The van der Waals surface area contributed by atoms with Gasteiger partial charge >= 0.3 is 5.97 Å². The zero-order valence-electron chi connectivity index (χ0n) is 17.1. The van der Waals surface area contributed by atoms with Crippen molar-refractivity contribution in [1.82, 2.24) is 4.72 Å². The molecule has 4 rings (SSSR count). The van der Waals surface area contributed by atoms with Gasteiger partial charge in [-0.1, -0.05) is 35.4 Å². The Labute approximate surface area is 188 Å². The minimum absolute atomic E-state index is 0.0929. The first-order valence-corrected chi connectivity index (χ1v) is 12.8. The summed E-state index contributed by atoms with van der Waals surface area (Å²) in [6.07, 6.45) is 10.5. The number of halogens is 2. The predicted molar refractivity (Wildman–Crippen MR) is 119 cm³/mol. The Morgan fingerprint density at radius 3 is 2.50 bits per heavy atom. The molecule has 3 aliphatic rings. The summed E-state index contributed by atoms with van der Waals surface area (Å²) >= 11 is 12.2. The Bertz CT molecular complexity index is 885. The zero-order valence-corrected chi connectivity index (χ0v) is 19.4. The van der Waals surface area contributed by atoms with Crippen LogP contribution in [0.4, 0.5) is 0 Å². The number of aryl methyl sites for hydroxylation is 1. The van der Waals surface area contributed by atoms with Crippen LogP contribution in [0.2, 0.25) is 10.0 Å². The molecule has 3 saturated carbocycles. The van der Waals surface area contributed by atoms with Crippen molar-refractivity contribution in [3.8, 4) is 0 Å². The van der Waals surface area contributed by atoms with Crippen molar-refractivity contribution in [1.29, 1.82) is 0 Å². The van der Waals surface area contributed by atoms with E-state index in [1.165, 1.54) is 18.9 Å². The van der Waals surface area contributed by atoms with Crippen molar-refractivity contribution >= 4 is 39.2 Å². The van der Waals surface area contributed by atoms with Crippen LogP contribution in [-0.4, -0.2) is 26.0 Å². The number of hydrogen-bond donors (Lipinski definition) is 2. The predicted octanol–water partition coefficient (Wildman–Crippen LogP) is 5.44. The van der Waals surface area contributed by atoms with E-state index in [2.05, 4.69) is 16.9 Å². The van der Waals surface area contributed by atoms with Crippen LogP contribution in [0.15, 0.2) is 29.2 Å². The van der Waals surface area contributed by atoms with Crippen molar-refractivity contribution in [2.24, 2.45) is 23.7 Å². The molecule has 1 aromatic rings. The third-order valence-electron chi connectivity index (χ3n) is 6.55. The van der Waals surface area contributed by atoms with Crippen molar-refractivity contribution in [3.05, 3.63) is 39.9 Å². The molecule has 0 amide bonds. The van der Waals surface area contributed by atoms with E-state index in [-0.39, 0.29) is 22.3 Å². The molecule has 3 fully saturated rings. The molecule has 8 heteroatoms. The van der Waals surface area contributed by atoms with Crippen LogP contribution in [0.3, 0.4) is 0 Å². The summed E-state index contributed by atoms with van der Waals surface area (Å²) in [6, 6.07) is 3.06. The van der Waals surface area contributed by atoms with Crippen molar-refractivity contribution in [3.63, 3.8) is 0 Å². The molecular weight excluding hydrogens is 445 g/mol. The molecule has 0 radical (unpaired) electrons. The second-order valence-corrected chi connectivity index (χ2v) is 11.1. The highest BCUT2D eigenvalue weighted by Gasteiger charge is 2.42. The fourth-order valence-electron chi connectivity index (χ4n) is 5.16. The Morgan fingerprint density at radius 1 is 1.20 bits per heavy atom. The number of carboxylic acids is 1. The van der Waals surface area contributed by atoms with Crippen LogP contribution in [0.5, 0.6) is 0 Å². The minimum atomic E-state index is -3.75. The van der Waals surface area contributed by atoms with E-state index in [1.54, 1.807) is 13.0 Å². The molecule has 0 spiro atoms. The summed E-state index contributed by atoms with van der Waals surface area (Å²) < 4.78 is 28.8. The van der Waals surface area contributed by atoms with Gasteiger partial charge in [0.25, 0.3) is 0 Å². The Kier molecular flexibility index (Phi) is 7.88. The number of hydrogen-bond acceptors (Lipinski definition) is 3. The molecule has 3 aliphatic carbocycles. The largest absolute Gasteiger partial charge is 0.481 e. The monoisotopic (exact) mass is 473 g/mol. The van der Waals surface area contributed by atoms with Crippen LogP contribution in [0.25, 0.3) is 0 Å². The number of unbranched alkanes of at least 4 members (excludes halogenated alkanes) is 1. The number of allylic oxidation sites excluding steroid dienone is 2. The maximum atomic E-state index is 13.0. The van der Waals surface area contributed by atoms with Gasteiger partial charge in [-0.15, -0.1) is 0 Å². The van der Waals surface area contributed by atoms with Gasteiger partial charge in [0.05, 0.1) is 5.02 Å². The molecule has 2 unspecified atom stereocenters. The zero-order chi connectivity index (χ0) is 21.9. The lowest BCUT2D eigenvalue weighted by Gasteiger charge is -2.48. The lowest BCUT2D eigenvalue weighted by molar-refractivity contribution is -0.137. The molecule has 30 heavy (non-hydrogen) atoms. The van der Waals surface area contributed by atoms with Gasteiger partial charge < -0.3 is 5.11 Å². The van der Waals surface area contributed by atoms with E-state index in [4.69, 9.17) is 28.3 Å². The smallest absolute Gasteiger partial charge is 0.303 e. The molecule has 2 atom stereocenters. The Balaban J connectivity index is 1.70. The quantitative estimate of drug-likeness (QED) is 0.369. The average molecular weight is 474 g/mol. The molecule has 166 valence electrons. The number of fused-ring (bicyclic) bond motifs is 3. The minimum Gasteiger partial charge on any atom is -0.481 e. The van der Waals surface area contributed by atoms with Crippen LogP contribution in [-0.2, 0) is 14.8 Å². The molecule has 5 nitrogen and oxygen atoms in total. The number of carbonyl (C=O) groups is 1. The number of carboxylic acid groups (broad SMARTS) is 1. The highest BCUT2D eigenvalue weighted by molar-refractivity contribution is 7.89. The first-order valence-electron chi connectivity index (χ1n) is 10.5. The van der Waals surface area contributed by atoms with E-state index < -0.39 is 16.0 Å². The molecule has 0 heterocycles. The fraction of sp³-hybridized carbons (Fsp3) is 0.591. The number of nitrogens with one attached hydrogen (secondary N) is 1. The summed E-state index contributed by atoms with van der Waals surface area (Å²) in [5.74, 6) is 0.874. The summed E-state index contributed by atoms with van der Waals surface area (Å²) in [4.78, 5) is 10.8. The van der Waals surface area contributed by atoms with Gasteiger partial charge in [-0.25, -0.2) is 13.1 Å². The third kappa shape index (κ3) is 5.58. The lowest BCUT2D eigenvalue weighted by Crippen LogP contribution is -2.45. The van der Waals surface area contributed by atoms with Gasteiger partial charge in [0.1, 0.15) is 4.90 Å². The van der Waals surface area contributed by atoms with E-state index in [9.17, 15) is 13.2 Å². The van der Waals surface area contributed by atoms with Crippen LogP contribution < -0.4 is 4.72 Å². The number of rotatable bonds is 9. The highest BCUT2D eigenvalue weighted by Crippen LogP contribution is 2.49. The van der Waals surface area contributed by atoms with E-state index in [0.717, 1.165) is 19.3 Å². The topological polar surface area (TPSA) is 83.5 Å². The van der Waals surface area contributed by atoms with Gasteiger partial charge in [-0.3, -0.25) is 4.79 Å². The summed E-state index contributed by atoms with van der Waals surface area (Å²) in [5, 5.41) is 9.32. The highest BCUT2D eigenvalue weighted by atomic mass is 35.5. The van der Waals surface area contributed by atoms with Gasteiger partial charge in [-0.2, -0.15) is 0 Å². The number of aliphatic carboxylic acids is 1. The molecule has 1 aromatic carbocycles. The SMILES string of the molecule is Cc1cc(Cl)cc(Cl)c1S(=O)(=O)NCC1C2CCC(CC2)C1/C=C\CCCC(=O)O. The molecular formula is C22H29Cl2NO4S. The van der Waals surface area contributed by atoms with Crippen LogP contribution >= 0.6 is 23.2 Å². The lowest BCUT2D eigenvalue weighted by atomic mass is 9.58. The second-order valence-electron chi connectivity index (χ2n) is 8.52. The fourth-order valence-corrected chi connectivity index (χ4v) is 7.41. The average Bonchev–Trinajstić information content (AvgIpc) is 2.66. The first-order chi connectivity index (χ1) is 14.2. The number of sulfonamides is 1. The molecule has 0 aromatic heterocycles. The Hall–Kier alpha value is -1.08. The maximum Gasteiger partial charge on any atom is 0.303 e.